The van der Waals surface area contributed by atoms with Crippen molar-refractivity contribution in [2.75, 3.05) is 14.2 Å². The summed E-state index contributed by atoms with van der Waals surface area (Å²) in [5, 5.41) is 0. The molecular formula is C17H19NO4. The quantitative estimate of drug-likeness (QED) is 0.890. The van der Waals surface area contributed by atoms with E-state index < -0.39 is 12.0 Å². The van der Waals surface area contributed by atoms with Crippen LogP contribution < -0.4 is 19.9 Å². The molecule has 5 heteroatoms. The van der Waals surface area contributed by atoms with Crippen molar-refractivity contribution >= 4 is 5.91 Å². The van der Waals surface area contributed by atoms with Crippen molar-refractivity contribution in [2.45, 2.75) is 13.0 Å². The molecule has 2 N–H and O–H groups in total. The third-order valence-electron chi connectivity index (χ3n) is 3.29. The molecule has 1 unspecified atom stereocenters. The minimum absolute atomic E-state index is 0.517. The van der Waals surface area contributed by atoms with E-state index in [0.29, 0.717) is 17.2 Å². The van der Waals surface area contributed by atoms with E-state index in [9.17, 15) is 4.79 Å². The molecular weight excluding hydrogens is 282 g/mol. The first-order valence-corrected chi connectivity index (χ1v) is 6.84. The van der Waals surface area contributed by atoms with Gasteiger partial charge in [-0.25, -0.2) is 0 Å². The van der Waals surface area contributed by atoms with Gasteiger partial charge in [0.2, 0.25) is 0 Å². The Labute approximate surface area is 129 Å². The van der Waals surface area contributed by atoms with E-state index in [4.69, 9.17) is 19.9 Å². The lowest BCUT2D eigenvalue weighted by molar-refractivity contribution is -0.123. The van der Waals surface area contributed by atoms with E-state index in [1.165, 1.54) is 0 Å². The van der Waals surface area contributed by atoms with Gasteiger partial charge in [-0.3, -0.25) is 4.79 Å². The molecule has 0 aliphatic heterocycles. The molecule has 0 radical (unpaired) electrons. The summed E-state index contributed by atoms with van der Waals surface area (Å²) in [4.78, 5) is 11.2. The molecule has 0 saturated heterocycles. The van der Waals surface area contributed by atoms with Crippen molar-refractivity contribution < 1.29 is 19.0 Å². The second kappa shape index (κ2) is 6.85. The Hall–Kier alpha value is -2.69. The number of benzene rings is 2. The highest BCUT2D eigenvalue weighted by molar-refractivity contribution is 5.80. The first-order valence-electron chi connectivity index (χ1n) is 6.84. The Kier molecular flexibility index (Phi) is 4.88. The Morgan fingerprint density at radius 3 is 2.32 bits per heavy atom. The number of hydrogen-bond acceptors (Lipinski definition) is 4. The smallest absolute Gasteiger partial charge is 0.258 e. The van der Waals surface area contributed by atoms with Gasteiger partial charge in [-0.1, -0.05) is 18.2 Å². The Morgan fingerprint density at radius 2 is 1.68 bits per heavy atom. The number of carbonyl (C=O) groups is 1. The number of methoxy groups -OCH3 is 2. The zero-order valence-corrected chi connectivity index (χ0v) is 12.8. The zero-order valence-electron chi connectivity index (χ0n) is 12.8. The van der Waals surface area contributed by atoms with Gasteiger partial charge in [0.15, 0.2) is 6.10 Å². The number of nitrogens with two attached hydrogens (primary N) is 1. The van der Waals surface area contributed by atoms with Crippen LogP contribution in [-0.2, 0) is 4.79 Å². The first-order chi connectivity index (χ1) is 10.6. The molecule has 0 bridgehead atoms. The van der Waals surface area contributed by atoms with Crippen LogP contribution in [0.15, 0.2) is 42.5 Å². The van der Waals surface area contributed by atoms with Crippen molar-refractivity contribution in [2.24, 2.45) is 5.73 Å². The molecule has 0 fully saturated rings. The van der Waals surface area contributed by atoms with Gasteiger partial charge >= 0.3 is 0 Å². The van der Waals surface area contributed by atoms with Crippen molar-refractivity contribution in [3.8, 4) is 28.4 Å². The summed E-state index contributed by atoms with van der Waals surface area (Å²) in [5.74, 6) is 1.40. The van der Waals surface area contributed by atoms with Crippen LogP contribution in [0.4, 0.5) is 0 Å². The normalized spacial score (nSPS) is 11.6. The monoisotopic (exact) mass is 301 g/mol. The minimum atomic E-state index is -0.717. The molecule has 2 aromatic carbocycles. The molecule has 0 aliphatic carbocycles. The topological polar surface area (TPSA) is 70.8 Å². The Balaban J connectivity index is 2.47. The highest BCUT2D eigenvalue weighted by atomic mass is 16.5. The standard InChI is InChI=1S/C17H19NO4/c1-11(17(18)19)22-15-7-5-4-6-13(15)14-9-8-12(20-2)10-16(14)21-3/h4-11H,1-3H3,(H2,18,19). The molecule has 1 atom stereocenters. The van der Waals surface area contributed by atoms with Gasteiger partial charge in [0, 0.05) is 17.2 Å². The predicted molar refractivity (Wildman–Crippen MR) is 84.3 cm³/mol. The zero-order chi connectivity index (χ0) is 16.1. The van der Waals surface area contributed by atoms with E-state index in [-0.39, 0.29) is 0 Å². The molecule has 2 rings (SSSR count). The van der Waals surface area contributed by atoms with Gasteiger partial charge < -0.3 is 19.9 Å². The highest BCUT2D eigenvalue weighted by Gasteiger charge is 2.16. The van der Waals surface area contributed by atoms with E-state index >= 15 is 0 Å². The molecule has 5 nitrogen and oxygen atoms in total. The molecule has 0 heterocycles. The SMILES string of the molecule is COc1ccc(-c2ccccc2OC(C)C(N)=O)c(OC)c1. The lowest BCUT2D eigenvalue weighted by Gasteiger charge is -2.17. The summed E-state index contributed by atoms with van der Waals surface area (Å²) in [6.07, 6.45) is -0.717. The number of carbonyl (C=O) groups excluding carboxylic acids is 1. The maximum absolute atomic E-state index is 11.2. The summed E-state index contributed by atoms with van der Waals surface area (Å²) in [7, 11) is 3.19. The van der Waals surface area contributed by atoms with Gasteiger partial charge in [-0.15, -0.1) is 0 Å². The first kappa shape index (κ1) is 15.7. The average Bonchev–Trinajstić information content (AvgIpc) is 2.54. The van der Waals surface area contributed by atoms with Crippen LogP contribution in [0.1, 0.15) is 6.92 Å². The lowest BCUT2D eigenvalue weighted by atomic mass is 10.0. The van der Waals surface area contributed by atoms with Gasteiger partial charge in [-0.2, -0.15) is 0 Å². The minimum Gasteiger partial charge on any atom is -0.497 e. The lowest BCUT2D eigenvalue weighted by Crippen LogP contribution is -2.30. The Bertz CT molecular complexity index is 669. The van der Waals surface area contributed by atoms with Crippen LogP contribution in [0.25, 0.3) is 11.1 Å². The fourth-order valence-electron chi connectivity index (χ4n) is 2.06. The maximum atomic E-state index is 11.2. The molecule has 2 aromatic rings. The summed E-state index contributed by atoms with van der Waals surface area (Å²) >= 11 is 0. The molecule has 0 spiro atoms. The number of para-hydroxylation sites is 1. The van der Waals surface area contributed by atoms with Crippen LogP contribution in [0.3, 0.4) is 0 Å². The molecule has 0 saturated carbocycles. The molecule has 0 aliphatic rings. The van der Waals surface area contributed by atoms with Crippen molar-refractivity contribution in [3.05, 3.63) is 42.5 Å². The third kappa shape index (κ3) is 3.31. The van der Waals surface area contributed by atoms with Crippen molar-refractivity contribution in [1.82, 2.24) is 0 Å². The third-order valence-corrected chi connectivity index (χ3v) is 3.29. The summed E-state index contributed by atoms with van der Waals surface area (Å²) < 4.78 is 16.3. The Morgan fingerprint density at radius 1 is 1.00 bits per heavy atom. The number of ether oxygens (including phenoxy) is 3. The summed E-state index contributed by atoms with van der Waals surface area (Å²) in [6.45, 7) is 1.62. The largest absolute Gasteiger partial charge is 0.497 e. The number of amides is 1. The second-order valence-corrected chi connectivity index (χ2v) is 4.72. The van der Waals surface area contributed by atoms with E-state index in [2.05, 4.69) is 0 Å². The van der Waals surface area contributed by atoms with E-state index in [1.54, 1.807) is 33.3 Å². The van der Waals surface area contributed by atoms with Crippen LogP contribution in [-0.4, -0.2) is 26.2 Å². The average molecular weight is 301 g/mol. The van der Waals surface area contributed by atoms with Crippen LogP contribution >= 0.6 is 0 Å². The van der Waals surface area contributed by atoms with E-state index in [0.717, 1.165) is 11.1 Å². The van der Waals surface area contributed by atoms with Crippen LogP contribution in [0, 0.1) is 0 Å². The molecule has 0 aromatic heterocycles. The van der Waals surface area contributed by atoms with Crippen LogP contribution in [0.2, 0.25) is 0 Å². The number of hydrogen-bond donors (Lipinski definition) is 1. The fraction of sp³-hybridized carbons (Fsp3) is 0.235. The van der Waals surface area contributed by atoms with Crippen LogP contribution in [0.5, 0.6) is 17.2 Å². The fourth-order valence-corrected chi connectivity index (χ4v) is 2.06. The van der Waals surface area contributed by atoms with Gasteiger partial charge in [-0.05, 0) is 25.1 Å². The molecule has 1 amide bonds. The van der Waals surface area contributed by atoms with Crippen molar-refractivity contribution in [3.63, 3.8) is 0 Å². The molecule has 22 heavy (non-hydrogen) atoms. The number of rotatable bonds is 6. The second-order valence-electron chi connectivity index (χ2n) is 4.72. The predicted octanol–water partition coefficient (Wildman–Crippen LogP) is 2.62. The summed E-state index contributed by atoms with van der Waals surface area (Å²) in [5.41, 5.74) is 6.92. The summed E-state index contributed by atoms with van der Waals surface area (Å²) in [6, 6.07) is 12.9. The van der Waals surface area contributed by atoms with Gasteiger partial charge in [0.1, 0.15) is 17.2 Å². The van der Waals surface area contributed by atoms with Gasteiger partial charge in [0.25, 0.3) is 5.91 Å². The highest BCUT2D eigenvalue weighted by Crippen LogP contribution is 2.38. The maximum Gasteiger partial charge on any atom is 0.258 e. The van der Waals surface area contributed by atoms with Gasteiger partial charge in [0.05, 0.1) is 14.2 Å². The number of primary amides is 1. The van der Waals surface area contributed by atoms with E-state index in [1.807, 2.05) is 30.3 Å². The van der Waals surface area contributed by atoms with Crippen molar-refractivity contribution in [1.29, 1.82) is 0 Å². The molecule has 116 valence electrons.